The van der Waals surface area contributed by atoms with Gasteiger partial charge in [-0.1, -0.05) is 29.8 Å². The highest BCUT2D eigenvalue weighted by Gasteiger charge is 2.18. The molecule has 0 spiro atoms. The summed E-state index contributed by atoms with van der Waals surface area (Å²) in [5.41, 5.74) is 3.79. The van der Waals surface area contributed by atoms with Crippen LogP contribution in [0.4, 0.5) is 0 Å². The van der Waals surface area contributed by atoms with E-state index in [1.807, 2.05) is 31.2 Å². The molecule has 2 heterocycles. The zero-order chi connectivity index (χ0) is 14.7. The van der Waals surface area contributed by atoms with Crippen molar-refractivity contribution in [3.8, 4) is 11.1 Å². The van der Waals surface area contributed by atoms with Crippen molar-refractivity contribution in [2.75, 3.05) is 13.2 Å². The van der Waals surface area contributed by atoms with Gasteiger partial charge in [-0.05, 0) is 25.0 Å². The summed E-state index contributed by atoms with van der Waals surface area (Å²) in [6, 6.07) is 10.2. The third-order valence-corrected chi connectivity index (χ3v) is 3.62. The van der Waals surface area contributed by atoms with Crippen LogP contribution in [-0.4, -0.2) is 30.1 Å². The topological polar surface area (TPSA) is 51.2 Å². The lowest BCUT2D eigenvalue weighted by Gasteiger charge is -2.11. The van der Waals surface area contributed by atoms with Crippen LogP contribution in [0.3, 0.4) is 0 Å². The van der Waals surface area contributed by atoms with E-state index in [-0.39, 0.29) is 11.9 Å². The molecule has 1 amide bonds. The molecule has 0 bridgehead atoms. The maximum atomic E-state index is 12.2. The van der Waals surface area contributed by atoms with Crippen LogP contribution in [0, 0.1) is 6.92 Å². The lowest BCUT2D eigenvalue weighted by molar-refractivity contribution is 0.0929. The van der Waals surface area contributed by atoms with E-state index in [0.29, 0.717) is 18.8 Å². The molecule has 1 atom stereocenters. The fourth-order valence-corrected chi connectivity index (χ4v) is 2.46. The van der Waals surface area contributed by atoms with E-state index in [9.17, 15) is 4.79 Å². The Morgan fingerprint density at radius 2 is 2.19 bits per heavy atom. The molecule has 1 aromatic heterocycles. The number of pyridine rings is 1. The highest BCUT2D eigenvalue weighted by Crippen LogP contribution is 2.20. The van der Waals surface area contributed by atoms with Gasteiger partial charge in [0.05, 0.1) is 18.2 Å². The maximum absolute atomic E-state index is 12.2. The predicted molar refractivity (Wildman–Crippen MR) is 81.1 cm³/mol. The third kappa shape index (κ3) is 3.28. The molecule has 0 aliphatic carbocycles. The van der Waals surface area contributed by atoms with Gasteiger partial charge in [0.2, 0.25) is 0 Å². The van der Waals surface area contributed by atoms with Crippen molar-refractivity contribution in [2.24, 2.45) is 0 Å². The summed E-state index contributed by atoms with van der Waals surface area (Å²) in [6.45, 7) is 3.36. The number of carbonyl (C=O) groups excluding carboxylic acids is 1. The standard InChI is InChI=1S/C17H18N2O2/c1-12-3-2-4-13(7-12)14-8-15(10-18-9-14)17(20)19-16-5-6-21-11-16/h2-4,7-10,16H,5-6,11H2,1H3,(H,19,20). The Labute approximate surface area is 124 Å². The van der Waals surface area contributed by atoms with Crippen molar-refractivity contribution in [1.82, 2.24) is 10.3 Å². The van der Waals surface area contributed by atoms with Crippen molar-refractivity contribution < 1.29 is 9.53 Å². The minimum absolute atomic E-state index is 0.0903. The Balaban J connectivity index is 1.80. The number of aromatic nitrogens is 1. The molecular weight excluding hydrogens is 264 g/mol. The fourth-order valence-electron chi connectivity index (χ4n) is 2.46. The fraction of sp³-hybridized carbons (Fsp3) is 0.294. The quantitative estimate of drug-likeness (QED) is 0.941. The summed E-state index contributed by atoms with van der Waals surface area (Å²) in [5.74, 6) is -0.0903. The van der Waals surface area contributed by atoms with Gasteiger partial charge in [0, 0.05) is 24.6 Å². The van der Waals surface area contributed by atoms with E-state index < -0.39 is 0 Å². The molecule has 21 heavy (non-hydrogen) atoms. The zero-order valence-corrected chi connectivity index (χ0v) is 12.0. The summed E-state index contributed by atoms with van der Waals surface area (Å²) in [4.78, 5) is 16.4. The molecule has 3 rings (SSSR count). The van der Waals surface area contributed by atoms with Crippen LogP contribution in [0.2, 0.25) is 0 Å². The molecule has 4 nitrogen and oxygen atoms in total. The van der Waals surface area contributed by atoms with Crippen molar-refractivity contribution >= 4 is 5.91 Å². The van der Waals surface area contributed by atoms with Crippen LogP contribution < -0.4 is 5.32 Å². The minimum Gasteiger partial charge on any atom is -0.379 e. The molecule has 1 N–H and O–H groups in total. The Morgan fingerprint density at radius 3 is 2.95 bits per heavy atom. The van der Waals surface area contributed by atoms with Crippen molar-refractivity contribution in [2.45, 2.75) is 19.4 Å². The Bertz CT molecular complexity index is 649. The molecule has 4 heteroatoms. The number of benzene rings is 1. The number of nitrogens with one attached hydrogen (secondary N) is 1. The molecule has 1 saturated heterocycles. The molecule has 108 valence electrons. The van der Waals surface area contributed by atoms with Gasteiger partial charge in [0.25, 0.3) is 5.91 Å². The van der Waals surface area contributed by atoms with Gasteiger partial charge in [0.15, 0.2) is 0 Å². The van der Waals surface area contributed by atoms with Gasteiger partial charge in [-0.25, -0.2) is 0 Å². The monoisotopic (exact) mass is 282 g/mol. The predicted octanol–water partition coefficient (Wildman–Crippen LogP) is 2.58. The third-order valence-electron chi connectivity index (χ3n) is 3.62. The Hall–Kier alpha value is -2.20. The molecule has 1 aliphatic rings. The van der Waals surface area contributed by atoms with Gasteiger partial charge in [-0.3, -0.25) is 9.78 Å². The molecule has 1 aromatic carbocycles. The number of aryl methyl sites for hydroxylation is 1. The van der Waals surface area contributed by atoms with Crippen LogP contribution in [0.1, 0.15) is 22.3 Å². The highest BCUT2D eigenvalue weighted by atomic mass is 16.5. The molecular formula is C17H18N2O2. The van der Waals surface area contributed by atoms with Crippen LogP contribution >= 0.6 is 0 Å². The van der Waals surface area contributed by atoms with Crippen LogP contribution in [0.25, 0.3) is 11.1 Å². The number of hydrogen-bond donors (Lipinski definition) is 1. The lowest BCUT2D eigenvalue weighted by atomic mass is 10.0. The second-order valence-corrected chi connectivity index (χ2v) is 5.37. The lowest BCUT2D eigenvalue weighted by Crippen LogP contribution is -2.35. The van der Waals surface area contributed by atoms with Crippen LogP contribution in [0.5, 0.6) is 0 Å². The number of amides is 1. The van der Waals surface area contributed by atoms with Crippen molar-refractivity contribution in [3.63, 3.8) is 0 Å². The second kappa shape index (κ2) is 6.06. The highest BCUT2D eigenvalue weighted by molar-refractivity contribution is 5.95. The summed E-state index contributed by atoms with van der Waals surface area (Å²) in [6.07, 6.45) is 4.26. The average molecular weight is 282 g/mol. The first-order valence-corrected chi connectivity index (χ1v) is 7.13. The van der Waals surface area contributed by atoms with Crippen LogP contribution in [-0.2, 0) is 4.74 Å². The normalized spacial score (nSPS) is 17.7. The second-order valence-electron chi connectivity index (χ2n) is 5.37. The van der Waals surface area contributed by atoms with Gasteiger partial charge >= 0.3 is 0 Å². The van der Waals surface area contributed by atoms with E-state index in [2.05, 4.69) is 16.4 Å². The first-order chi connectivity index (χ1) is 10.2. The van der Waals surface area contributed by atoms with E-state index in [1.165, 1.54) is 5.56 Å². The molecule has 1 unspecified atom stereocenters. The number of nitrogens with zero attached hydrogens (tertiary/aromatic N) is 1. The van der Waals surface area contributed by atoms with Gasteiger partial charge in [-0.15, -0.1) is 0 Å². The average Bonchev–Trinajstić information content (AvgIpc) is 3.00. The summed E-state index contributed by atoms with van der Waals surface area (Å²) < 4.78 is 5.27. The van der Waals surface area contributed by atoms with E-state index in [1.54, 1.807) is 12.4 Å². The number of carbonyl (C=O) groups is 1. The van der Waals surface area contributed by atoms with E-state index in [0.717, 1.165) is 17.5 Å². The molecule has 1 fully saturated rings. The molecule has 2 aromatic rings. The molecule has 1 aliphatic heterocycles. The smallest absolute Gasteiger partial charge is 0.253 e. The summed E-state index contributed by atoms with van der Waals surface area (Å²) >= 11 is 0. The summed E-state index contributed by atoms with van der Waals surface area (Å²) in [5, 5.41) is 2.98. The first kappa shape index (κ1) is 13.8. The van der Waals surface area contributed by atoms with E-state index >= 15 is 0 Å². The minimum atomic E-state index is -0.0903. The van der Waals surface area contributed by atoms with Gasteiger partial charge in [-0.2, -0.15) is 0 Å². The van der Waals surface area contributed by atoms with Crippen molar-refractivity contribution in [1.29, 1.82) is 0 Å². The van der Waals surface area contributed by atoms with Gasteiger partial charge < -0.3 is 10.1 Å². The molecule has 0 saturated carbocycles. The maximum Gasteiger partial charge on any atom is 0.253 e. The first-order valence-electron chi connectivity index (χ1n) is 7.13. The Kier molecular flexibility index (Phi) is 3.97. The SMILES string of the molecule is Cc1cccc(-c2cncc(C(=O)NC3CCOC3)c2)c1. The number of hydrogen-bond acceptors (Lipinski definition) is 3. The van der Waals surface area contributed by atoms with Gasteiger partial charge in [0.1, 0.15) is 0 Å². The Morgan fingerprint density at radius 1 is 1.29 bits per heavy atom. The zero-order valence-electron chi connectivity index (χ0n) is 12.0. The van der Waals surface area contributed by atoms with Crippen LogP contribution in [0.15, 0.2) is 42.7 Å². The van der Waals surface area contributed by atoms with E-state index in [4.69, 9.17) is 4.74 Å². The number of ether oxygens (including phenoxy) is 1. The molecule has 0 radical (unpaired) electrons. The number of rotatable bonds is 3. The van der Waals surface area contributed by atoms with Crippen molar-refractivity contribution in [3.05, 3.63) is 53.9 Å². The largest absolute Gasteiger partial charge is 0.379 e. The summed E-state index contributed by atoms with van der Waals surface area (Å²) in [7, 11) is 0.